The molecule has 1 fully saturated rings. The highest BCUT2D eigenvalue weighted by Crippen LogP contribution is 2.21. The number of anilines is 1. The minimum Gasteiger partial charge on any atom is -0.480 e. The zero-order chi connectivity index (χ0) is 13.7. The summed E-state index contributed by atoms with van der Waals surface area (Å²) < 4.78 is 5.26. The minimum absolute atomic E-state index is 0.0467. The Kier molecular flexibility index (Phi) is 4.26. The fourth-order valence-corrected chi connectivity index (χ4v) is 2.07. The zero-order valence-electron chi connectivity index (χ0n) is 10.3. The molecule has 0 amide bonds. The molecule has 19 heavy (non-hydrogen) atoms. The molecule has 1 N–H and O–H groups in total. The summed E-state index contributed by atoms with van der Waals surface area (Å²) >= 11 is 0. The Morgan fingerprint density at radius 2 is 2.32 bits per heavy atom. The molecule has 0 aliphatic carbocycles. The van der Waals surface area contributed by atoms with E-state index in [4.69, 9.17) is 15.1 Å². The Hall–Kier alpha value is -2.20. The van der Waals surface area contributed by atoms with E-state index in [2.05, 4.69) is 16.3 Å². The maximum atomic E-state index is 10.4. The number of piperidine rings is 1. The second-order valence-electron chi connectivity index (χ2n) is 4.27. The third-order valence-electron chi connectivity index (χ3n) is 3.01. The van der Waals surface area contributed by atoms with Crippen molar-refractivity contribution >= 4 is 11.8 Å². The fraction of sp³-hybridized carbons (Fsp3) is 0.500. The van der Waals surface area contributed by atoms with Gasteiger partial charge < -0.3 is 14.7 Å². The molecule has 1 saturated heterocycles. The van der Waals surface area contributed by atoms with Crippen molar-refractivity contribution in [1.82, 2.24) is 10.2 Å². The predicted molar refractivity (Wildman–Crippen MR) is 65.6 cm³/mol. The Balaban J connectivity index is 1.93. The van der Waals surface area contributed by atoms with Crippen molar-refractivity contribution in [3.63, 3.8) is 0 Å². The first-order chi connectivity index (χ1) is 9.20. The van der Waals surface area contributed by atoms with Crippen LogP contribution in [0.2, 0.25) is 0 Å². The van der Waals surface area contributed by atoms with E-state index in [0.717, 1.165) is 0 Å². The molecule has 0 spiro atoms. The highest BCUT2D eigenvalue weighted by atomic mass is 16.5. The second kappa shape index (κ2) is 6.11. The number of rotatable bonds is 4. The van der Waals surface area contributed by atoms with Gasteiger partial charge in [0.25, 0.3) is 0 Å². The quantitative estimate of drug-likeness (QED) is 0.839. The van der Waals surface area contributed by atoms with Crippen LogP contribution in [0.5, 0.6) is 0 Å². The van der Waals surface area contributed by atoms with Crippen molar-refractivity contribution in [3.8, 4) is 6.07 Å². The highest BCUT2D eigenvalue weighted by Gasteiger charge is 2.23. The van der Waals surface area contributed by atoms with Crippen LogP contribution in [0.1, 0.15) is 18.4 Å². The minimum atomic E-state index is -0.955. The molecule has 1 aliphatic heterocycles. The molecule has 0 bridgehead atoms. The van der Waals surface area contributed by atoms with Crippen LogP contribution in [0.15, 0.2) is 12.3 Å². The lowest BCUT2D eigenvalue weighted by Crippen LogP contribution is -2.38. The summed E-state index contributed by atoms with van der Waals surface area (Å²) in [4.78, 5) is 12.4. The molecule has 0 aromatic carbocycles. The van der Waals surface area contributed by atoms with Gasteiger partial charge in [-0.2, -0.15) is 10.4 Å². The lowest BCUT2D eigenvalue weighted by Gasteiger charge is -2.32. The summed E-state index contributed by atoms with van der Waals surface area (Å²) in [6, 6.07) is 3.73. The molecule has 0 radical (unpaired) electrons. The van der Waals surface area contributed by atoms with E-state index in [1.165, 1.54) is 6.20 Å². The van der Waals surface area contributed by atoms with Crippen LogP contribution >= 0.6 is 0 Å². The van der Waals surface area contributed by atoms with Gasteiger partial charge in [-0.1, -0.05) is 0 Å². The zero-order valence-corrected chi connectivity index (χ0v) is 10.3. The Morgan fingerprint density at radius 1 is 1.58 bits per heavy atom. The number of carbonyl (C=O) groups is 1. The Morgan fingerprint density at radius 3 is 2.95 bits per heavy atom. The summed E-state index contributed by atoms with van der Waals surface area (Å²) in [5.41, 5.74) is 0.500. The van der Waals surface area contributed by atoms with Crippen LogP contribution in [0.25, 0.3) is 0 Å². The predicted octanol–water partition coefficient (Wildman–Crippen LogP) is 0.418. The van der Waals surface area contributed by atoms with Crippen molar-refractivity contribution in [3.05, 3.63) is 17.8 Å². The van der Waals surface area contributed by atoms with Crippen LogP contribution in [0.3, 0.4) is 0 Å². The summed E-state index contributed by atoms with van der Waals surface area (Å²) in [5, 5.41) is 25.4. The van der Waals surface area contributed by atoms with E-state index < -0.39 is 5.97 Å². The highest BCUT2D eigenvalue weighted by molar-refractivity contribution is 5.68. The van der Waals surface area contributed by atoms with Crippen LogP contribution in [0, 0.1) is 11.3 Å². The van der Waals surface area contributed by atoms with Gasteiger partial charge in [-0.25, -0.2) is 4.79 Å². The van der Waals surface area contributed by atoms with E-state index >= 15 is 0 Å². The van der Waals surface area contributed by atoms with E-state index in [9.17, 15) is 4.79 Å². The van der Waals surface area contributed by atoms with Gasteiger partial charge in [0, 0.05) is 13.1 Å². The first kappa shape index (κ1) is 13.2. The number of carboxylic acids is 1. The molecule has 0 unspecified atom stereocenters. The van der Waals surface area contributed by atoms with Gasteiger partial charge in [0.15, 0.2) is 5.82 Å². The van der Waals surface area contributed by atoms with Gasteiger partial charge in [0.05, 0.1) is 17.9 Å². The average molecular weight is 262 g/mol. The normalized spacial score (nSPS) is 16.1. The molecule has 1 aromatic rings. The van der Waals surface area contributed by atoms with E-state index in [-0.39, 0.29) is 12.7 Å². The molecule has 1 aromatic heterocycles. The molecule has 100 valence electrons. The molecule has 0 saturated carbocycles. The van der Waals surface area contributed by atoms with Crippen LogP contribution in [-0.4, -0.2) is 47.1 Å². The number of hydrogen-bond donors (Lipinski definition) is 1. The van der Waals surface area contributed by atoms with Gasteiger partial charge in [-0.15, -0.1) is 5.10 Å². The molecular formula is C12H14N4O3. The third-order valence-corrected chi connectivity index (χ3v) is 3.01. The smallest absolute Gasteiger partial charge is 0.329 e. The van der Waals surface area contributed by atoms with Crippen LogP contribution < -0.4 is 4.90 Å². The van der Waals surface area contributed by atoms with Gasteiger partial charge >= 0.3 is 5.97 Å². The van der Waals surface area contributed by atoms with Gasteiger partial charge in [0.2, 0.25) is 0 Å². The van der Waals surface area contributed by atoms with Crippen molar-refractivity contribution in [1.29, 1.82) is 5.26 Å². The Labute approximate surface area is 110 Å². The first-order valence-corrected chi connectivity index (χ1v) is 6.01. The van der Waals surface area contributed by atoms with Crippen molar-refractivity contribution in [2.75, 3.05) is 24.6 Å². The Bertz CT molecular complexity index is 492. The third kappa shape index (κ3) is 3.39. The van der Waals surface area contributed by atoms with Gasteiger partial charge in [0.1, 0.15) is 12.7 Å². The number of nitriles is 1. The van der Waals surface area contributed by atoms with Gasteiger partial charge in [-0.05, 0) is 18.9 Å². The number of aromatic nitrogens is 2. The molecule has 0 atom stereocenters. The summed E-state index contributed by atoms with van der Waals surface area (Å²) in [7, 11) is 0. The van der Waals surface area contributed by atoms with Crippen molar-refractivity contribution in [2.24, 2.45) is 0 Å². The van der Waals surface area contributed by atoms with E-state index in [1.807, 2.05) is 4.90 Å². The van der Waals surface area contributed by atoms with Gasteiger partial charge in [-0.3, -0.25) is 0 Å². The summed E-state index contributed by atoms with van der Waals surface area (Å²) in [6.07, 6.45) is 2.88. The lowest BCUT2D eigenvalue weighted by atomic mass is 10.1. The van der Waals surface area contributed by atoms with E-state index in [1.54, 1.807) is 6.07 Å². The topological polar surface area (TPSA) is 99.3 Å². The number of nitrogens with zero attached hydrogens (tertiary/aromatic N) is 4. The maximum Gasteiger partial charge on any atom is 0.329 e. The fourth-order valence-electron chi connectivity index (χ4n) is 2.07. The number of carboxylic acid groups (broad SMARTS) is 1. The van der Waals surface area contributed by atoms with Crippen molar-refractivity contribution in [2.45, 2.75) is 18.9 Å². The number of ether oxygens (including phenoxy) is 1. The largest absolute Gasteiger partial charge is 0.480 e. The SMILES string of the molecule is N#Cc1ccnnc1N1CCC(OCC(=O)O)CC1. The van der Waals surface area contributed by atoms with E-state index in [0.29, 0.717) is 37.3 Å². The molecule has 7 nitrogen and oxygen atoms in total. The van der Waals surface area contributed by atoms with Crippen molar-refractivity contribution < 1.29 is 14.6 Å². The first-order valence-electron chi connectivity index (χ1n) is 6.01. The number of hydrogen-bond acceptors (Lipinski definition) is 6. The second-order valence-corrected chi connectivity index (χ2v) is 4.27. The molecule has 7 heteroatoms. The number of aliphatic carboxylic acids is 1. The maximum absolute atomic E-state index is 10.4. The van der Waals surface area contributed by atoms with Crippen LogP contribution in [0.4, 0.5) is 5.82 Å². The molecule has 2 rings (SSSR count). The summed E-state index contributed by atoms with van der Waals surface area (Å²) in [6.45, 7) is 1.09. The molecule has 2 heterocycles. The standard InChI is InChI=1S/C12H14N4O3/c13-7-9-1-4-14-15-12(9)16-5-2-10(3-6-16)19-8-11(17)18/h1,4,10H,2-3,5-6,8H2,(H,17,18). The summed E-state index contributed by atoms with van der Waals surface area (Å²) in [5.74, 6) is -0.371. The van der Waals surface area contributed by atoms with Crippen LogP contribution in [-0.2, 0) is 9.53 Å². The average Bonchev–Trinajstić information content (AvgIpc) is 2.45. The molecule has 1 aliphatic rings. The monoisotopic (exact) mass is 262 g/mol. The lowest BCUT2D eigenvalue weighted by molar-refractivity contribution is -0.144. The molecular weight excluding hydrogens is 248 g/mol.